The van der Waals surface area contributed by atoms with E-state index in [4.69, 9.17) is 9.47 Å². The zero-order chi connectivity index (χ0) is 23.1. The van der Waals surface area contributed by atoms with Crippen LogP contribution in [0.4, 0.5) is 0 Å². The third kappa shape index (κ3) is 6.57. The van der Waals surface area contributed by atoms with Gasteiger partial charge < -0.3 is 9.47 Å². The predicted octanol–water partition coefficient (Wildman–Crippen LogP) is 7.17. The van der Waals surface area contributed by atoms with Crippen LogP contribution in [-0.2, 0) is 10.3 Å². The molecule has 0 fully saturated rings. The molecule has 172 valence electrons. The average Bonchev–Trinajstić information content (AvgIpc) is 2.68. The molecule has 0 heterocycles. The molecule has 0 aromatic heterocycles. The Morgan fingerprint density at radius 2 is 1.29 bits per heavy atom. The Kier molecular flexibility index (Phi) is 8.73. The highest BCUT2D eigenvalue weighted by Gasteiger charge is 2.54. The summed E-state index contributed by atoms with van der Waals surface area (Å²) in [6.07, 6.45) is 1.71. The van der Waals surface area contributed by atoms with Crippen LogP contribution in [0.15, 0.2) is 60.7 Å². The van der Waals surface area contributed by atoms with Gasteiger partial charge in [0.1, 0.15) is 11.4 Å². The van der Waals surface area contributed by atoms with E-state index >= 15 is 0 Å². The maximum Gasteiger partial charge on any atom is 0.190 e. The van der Waals surface area contributed by atoms with Gasteiger partial charge in [0, 0.05) is 18.6 Å². The van der Waals surface area contributed by atoms with E-state index < -0.39 is 11.3 Å². The molecule has 2 unspecified atom stereocenters. The van der Waals surface area contributed by atoms with Gasteiger partial charge >= 0.3 is 0 Å². The minimum Gasteiger partial charge on any atom is -0.470 e. The van der Waals surface area contributed by atoms with Crippen molar-refractivity contribution in [2.24, 2.45) is 11.8 Å². The molecular weight excluding hydrogens is 382 g/mol. The number of rotatable bonds is 12. The second kappa shape index (κ2) is 10.7. The van der Waals surface area contributed by atoms with Crippen LogP contribution in [0.25, 0.3) is 0 Å². The van der Waals surface area contributed by atoms with Crippen molar-refractivity contribution in [2.45, 2.75) is 85.1 Å². The van der Waals surface area contributed by atoms with Crippen LogP contribution in [0.2, 0.25) is 0 Å². The lowest BCUT2D eigenvalue weighted by Crippen LogP contribution is -2.70. The van der Waals surface area contributed by atoms with Gasteiger partial charge in [0.25, 0.3) is 0 Å². The molecule has 0 aliphatic carbocycles. The quantitative estimate of drug-likeness (QED) is 0.366. The summed E-state index contributed by atoms with van der Waals surface area (Å²) in [7, 11) is 0. The number of ether oxygens (including phenoxy) is 2. The first kappa shape index (κ1) is 25.4. The summed E-state index contributed by atoms with van der Waals surface area (Å²) in [6, 6.07) is 20.7. The van der Waals surface area contributed by atoms with E-state index in [-0.39, 0.29) is 5.54 Å². The molecule has 0 bridgehead atoms. The van der Waals surface area contributed by atoms with Crippen molar-refractivity contribution in [3.05, 3.63) is 66.2 Å². The molecule has 0 saturated heterocycles. The maximum atomic E-state index is 6.95. The molecule has 2 rings (SSSR count). The highest BCUT2D eigenvalue weighted by atomic mass is 16.6. The van der Waals surface area contributed by atoms with Gasteiger partial charge in [0.2, 0.25) is 0 Å². The van der Waals surface area contributed by atoms with Gasteiger partial charge in [-0.3, -0.25) is 5.32 Å². The van der Waals surface area contributed by atoms with E-state index in [0.29, 0.717) is 18.4 Å². The zero-order valence-electron chi connectivity index (χ0n) is 20.9. The van der Waals surface area contributed by atoms with Crippen LogP contribution in [0, 0.1) is 11.8 Å². The van der Waals surface area contributed by atoms with Gasteiger partial charge in [-0.15, -0.1) is 0 Å². The lowest BCUT2D eigenvalue weighted by molar-refractivity contribution is -0.199. The Labute approximate surface area is 190 Å². The fraction of sp³-hybridized carbons (Fsp3) is 0.571. The van der Waals surface area contributed by atoms with E-state index in [2.05, 4.69) is 91.0 Å². The molecule has 0 amide bonds. The van der Waals surface area contributed by atoms with Crippen LogP contribution in [0.3, 0.4) is 0 Å². The van der Waals surface area contributed by atoms with Gasteiger partial charge in [0.05, 0.1) is 0 Å². The lowest BCUT2D eigenvalue weighted by Gasteiger charge is -2.53. The Morgan fingerprint density at radius 3 is 1.77 bits per heavy atom. The van der Waals surface area contributed by atoms with Crippen molar-refractivity contribution >= 4 is 0 Å². The summed E-state index contributed by atoms with van der Waals surface area (Å²) in [5.74, 6) is 1.73. The molecule has 0 spiro atoms. The second-order valence-corrected chi connectivity index (χ2v) is 10.2. The molecule has 1 N–H and O–H groups in total. The minimum atomic E-state index is -0.720. The van der Waals surface area contributed by atoms with Crippen LogP contribution < -0.4 is 10.1 Å². The van der Waals surface area contributed by atoms with Gasteiger partial charge in [-0.2, -0.15) is 0 Å². The van der Waals surface area contributed by atoms with E-state index in [9.17, 15) is 0 Å². The highest BCUT2D eigenvalue weighted by Crippen LogP contribution is 2.41. The average molecular weight is 426 g/mol. The summed E-state index contributed by atoms with van der Waals surface area (Å²) in [6.45, 7) is 18.4. The largest absolute Gasteiger partial charge is 0.470 e. The van der Waals surface area contributed by atoms with Crippen molar-refractivity contribution in [1.82, 2.24) is 5.32 Å². The third-order valence-electron chi connectivity index (χ3n) is 5.86. The topological polar surface area (TPSA) is 30.5 Å². The molecule has 31 heavy (non-hydrogen) atoms. The minimum absolute atomic E-state index is 0.319. The molecule has 2 atom stereocenters. The molecule has 0 aliphatic rings. The fourth-order valence-electron chi connectivity index (χ4n) is 4.71. The Morgan fingerprint density at radius 1 is 0.774 bits per heavy atom. The monoisotopic (exact) mass is 425 g/mol. The first-order valence-electron chi connectivity index (χ1n) is 11.8. The van der Waals surface area contributed by atoms with Gasteiger partial charge in [-0.1, -0.05) is 76.2 Å². The van der Waals surface area contributed by atoms with Crippen molar-refractivity contribution in [1.29, 1.82) is 0 Å². The number of nitrogens with one attached hydrogen (secondary N) is 1. The Hall–Kier alpha value is -1.84. The van der Waals surface area contributed by atoms with Crippen LogP contribution in [0.5, 0.6) is 5.75 Å². The van der Waals surface area contributed by atoms with E-state index in [0.717, 1.165) is 18.6 Å². The van der Waals surface area contributed by atoms with Crippen LogP contribution in [0.1, 0.15) is 73.8 Å². The normalized spacial score (nSPS) is 16.2. The standard InChI is InChI=1S/C28H43NO2/c1-9-30-27(8,20-22(2)3)28(21-23(4)5,31-25-18-14-11-15-19-25)29-26(6,7)24-16-12-10-13-17-24/h10-19,22-23,29H,9,20-21H2,1-8H3. The van der Waals surface area contributed by atoms with Crippen LogP contribution >= 0.6 is 0 Å². The Balaban J connectivity index is 2.65. The molecule has 3 heteroatoms. The van der Waals surface area contributed by atoms with E-state index in [1.54, 1.807) is 0 Å². The molecule has 0 aliphatic heterocycles. The summed E-state index contributed by atoms with van der Waals surface area (Å²) >= 11 is 0. The maximum absolute atomic E-state index is 6.95. The first-order valence-corrected chi connectivity index (χ1v) is 11.8. The second-order valence-electron chi connectivity index (χ2n) is 10.2. The number of benzene rings is 2. The lowest BCUT2D eigenvalue weighted by atomic mass is 9.77. The van der Waals surface area contributed by atoms with Gasteiger partial charge in [0.15, 0.2) is 5.72 Å². The summed E-state index contributed by atoms with van der Waals surface area (Å²) in [5.41, 5.74) is -0.340. The van der Waals surface area contributed by atoms with Crippen LogP contribution in [-0.4, -0.2) is 17.9 Å². The molecule has 0 radical (unpaired) electrons. The van der Waals surface area contributed by atoms with Gasteiger partial charge in [-0.25, -0.2) is 0 Å². The summed E-state index contributed by atoms with van der Waals surface area (Å²) in [4.78, 5) is 0. The highest BCUT2D eigenvalue weighted by molar-refractivity contribution is 5.26. The van der Waals surface area contributed by atoms with E-state index in [1.165, 1.54) is 5.56 Å². The molecule has 3 nitrogen and oxygen atoms in total. The molecule has 0 saturated carbocycles. The van der Waals surface area contributed by atoms with Crippen molar-refractivity contribution in [3.63, 3.8) is 0 Å². The predicted molar refractivity (Wildman–Crippen MR) is 131 cm³/mol. The smallest absolute Gasteiger partial charge is 0.190 e. The third-order valence-corrected chi connectivity index (χ3v) is 5.86. The first-order chi connectivity index (χ1) is 14.5. The number of hydrogen-bond acceptors (Lipinski definition) is 3. The molecular formula is C28H43NO2. The zero-order valence-corrected chi connectivity index (χ0v) is 20.9. The molecule has 2 aromatic rings. The fourth-order valence-corrected chi connectivity index (χ4v) is 4.71. The van der Waals surface area contributed by atoms with Crippen molar-refractivity contribution in [3.8, 4) is 5.75 Å². The number of para-hydroxylation sites is 1. The summed E-state index contributed by atoms with van der Waals surface area (Å²) < 4.78 is 13.5. The summed E-state index contributed by atoms with van der Waals surface area (Å²) in [5, 5.41) is 3.99. The van der Waals surface area contributed by atoms with Crippen molar-refractivity contribution in [2.75, 3.05) is 6.61 Å². The Bertz CT molecular complexity index is 772. The van der Waals surface area contributed by atoms with Crippen molar-refractivity contribution < 1.29 is 9.47 Å². The SMILES string of the molecule is CCOC(C)(CC(C)C)C(CC(C)C)(NC(C)(C)c1ccccc1)Oc1ccccc1. The van der Waals surface area contributed by atoms with Gasteiger partial charge in [-0.05, 0) is 63.6 Å². The molecule has 2 aromatic carbocycles. The number of hydrogen-bond donors (Lipinski definition) is 1. The van der Waals surface area contributed by atoms with E-state index in [1.807, 2.05) is 30.3 Å².